The molecule has 0 bridgehead atoms. The summed E-state index contributed by atoms with van der Waals surface area (Å²) < 4.78 is 26.9. The molecule has 0 heterocycles. The number of benzene rings is 1. The predicted molar refractivity (Wildman–Crippen MR) is 62.3 cm³/mol. The smallest absolute Gasteiger partial charge is 0.130 e. The van der Waals surface area contributed by atoms with Gasteiger partial charge in [0.15, 0.2) is 0 Å². The first-order valence-electron chi connectivity index (χ1n) is 6.27. The van der Waals surface area contributed by atoms with E-state index in [2.05, 4.69) is 0 Å². The third-order valence-electron chi connectivity index (χ3n) is 4.42. The summed E-state index contributed by atoms with van der Waals surface area (Å²) in [7, 11) is 0. The molecule has 0 spiro atoms. The minimum Gasteiger partial charge on any atom is -0.324 e. The molecule has 3 rings (SSSR count). The molecule has 0 saturated heterocycles. The molecule has 2 fully saturated rings. The number of nitrogens with two attached hydrogens (primary N) is 1. The van der Waals surface area contributed by atoms with Gasteiger partial charge in [0, 0.05) is 17.7 Å². The summed E-state index contributed by atoms with van der Waals surface area (Å²) in [5, 5.41) is 0. The zero-order valence-electron chi connectivity index (χ0n) is 9.92. The molecule has 1 nitrogen and oxygen atoms in total. The van der Waals surface area contributed by atoms with Crippen LogP contribution in [0.5, 0.6) is 0 Å². The van der Waals surface area contributed by atoms with Crippen molar-refractivity contribution in [3.8, 4) is 0 Å². The van der Waals surface area contributed by atoms with Gasteiger partial charge in [0.25, 0.3) is 0 Å². The van der Waals surface area contributed by atoms with Gasteiger partial charge >= 0.3 is 0 Å². The topological polar surface area (TPSA) is 26.0 Å². The van der Waals surface area contributed by atoms with Crippen LogP contribution in [0, 0.1) is 36.3 Å². The lowest BCUT2D eigenvalue weighted by Gasteiger charge is -2.22. The molecule has 0 aliphatic heterocycles. The Morgan fingerprint density at radius 2 is 1.76 bits per heavy atom. The van der Waals surface area contributed by atoms with E-state index in [9.17, 15) is 8.78 Å². The second-order valence-corrected chi connectivity index (χ2v) is 5.64. The van der Waals surface area contributed by atoms with Gasteiger partial charge in [-0.1, -0.05) is 0 Å². The highest BCUT2D eigenvalue weighted by atomic mass is 19.1. The van der Waals surface area contributed by atoms with Gasteiger partial charge in [-0.2, -0.15) is 0 Å². The van der Waals surface area contributed by atoms with E-state index in [-0.39, 0.29) is 6.04 Å². The summed E-state index contributed by atoms with van der Waals surface area (Å²) in [5.41, 5.74) is 7.09. The van der Waals surface area contributed by atoms with E-state index < -0.39 is 11.6 Å². The van der Waals surface area contributed by atoms with Crippen molar-refractivity contribution in [3.63, 3.8) is 0 Å². The summed E-state index contributed by atoms with van der Waals surface area (Å²) in [6, 6.07) is 2.25. The van der Waals surface area contributed by atoms with E-state index in [1.54, 1.807) is 13.0 Å². The van der Waals surface area contributed by atoms with Gasteiger partial charge in [-0.15, -0.1) is 0 Å². The maximum atomic E-state index is 13.7. The largest absolute Gasteiger partial charge is 0.324 e. The molecule has 1 aromatic rings. The van der Waals surface area contributed by atoms with Crippen LogP contribution in [0.15, 0.2) is 12.1 Å². The van der Waals surface area contributed by atoms with Crippen LogP contribution >= 0.6 is 0 Å². The summed E-state index contributed by atoms with van der Waals surface area (Å²) in [6.45, 7) is 1.65. The lowest BCUT2D eigenvalue weighted by molar-refractivity contribution is 0.391. The monoisotopic (exact) mass is 237 g/mol. The van der Waals surface area contributed by atoms with Crippen molar-refractivity contribution < 1.29 is 8.78 Å². The zero-order chi connectivity index (χ0) is 12.2. The molecule has 2 N–H and O–H groups in total. The second-order valence-electron chi connectivity index (χ2n) is 5.64. The van der Waals surface area contributed by atoms with Crippen LogP contribution in [0.25, 0.3) is 0 Å². The standard InChI is InChI=1S/C14H17F2N/c1-7-2-11(13(16)6-12(7)15)14(17)10-4-8-3-9(8)5-10/h2,6,8-10,14H,3-5,17H2,1H3. The minimum absolute atomic E-state index is 0.276. The fourth-order valence-corrected chi connectivity index (χ4v) is 3.24. The van der Waals surface area contributed by atoms with Gasteiger partial charge in [-0.25, -0.2) is 8.78 Å². The lowest BCUT2D eigenvalue weighted by atomic mass is 9.89. The molecule has 0 aromatic heterocycles. The van der Waals surface area contributed by atoms with Crippen molar-refractivity contribution in [2.24, 2.45) is 23.5 Å². The molecular weight excluding hydrogens is 220 g/mol. The van der Waals surface area contributed by atoms with Gasteiger partial charge in [0.05, 0.1) is 0 Å². The van der Waals surface area contributed by atoms with Gasteiger partial charge in [-0.05, 0) is 55.6 Å². The fraction of sp³-hybridized carbons (Fsp3) is 0.571. The van der Waals surface area contributed by atoms with Gasteiger partial charge in [0.1, 0.15) is 11.6 Å². The van der Waals surface area contributed by atoms with Crippen LogP contribution < -0.4 is 5.73 Å². The highest BCUT2D eigenvalue weighted by molar-refractivity contribution is 5.29. The fourth-order valence-electron chi connectivity index (χ4n) is 3.24. The van der Waals surface area contributed by atoms with Crippen molar-refractivity contribution >= 4 is 0 Å². The van der Waals surface area contributed by atoms with E-state index in [1.807, 2.05) is 0 Å². The SMILES string of the molecule is Cc1cc(C(N)C2CC3CC3C2)c(F)cc1F. The van der Waals surface area contributed by atoms with E-state index in [0.717, 1.165) is 30.7 Å². The lowest BCUT2D eigenvalue weighted by Crippen LogP contribution is -2.22. The van der Waals surface area contributed by atoms with Crippen LogP contribution in [0.1, 0.15) is 36.4 Å². The predicted octanol–water partition coefficient (Wildman–Crippen LogP) is 3.32. The van der Waals surface area contributed by atoms with Crippen molar-refractivity contribution in [1.29, 1.82) is 0 Å². The van der Waals surface area contributed by atoms with E-state index >= 15 is 0 Å². The Kier molecular flexibility index (Phi) is 2.47. The summed E-state index contributed by atoms with van der Waals surface area (Å²) in [4.78, 5) is 0. The third-order valence-corrected chi connectivity index (χ3v) is 4.42. The Labute approximate surface area is 100 Å². The summed E-state index contributed by atoms with van der Waals surface area (Å²) >= 11 is 0. The highest BCUT2D eigenvalue weighted by Gasteiger charge is 2.47. The van der Waals surface area contributed by atoms with Crippen LogP contribution in [-0.2, 0) is 0 Å². The van der Waals surface area contributed by atoms with E-state index in [1.165, 1.54) is 6.42 Å². The quantitative estimate of drug-likeness (QED) is 0.839. The first kappa shape index (κ1) is 11.1. The molecule has 0 amide bonds. The normalized spacial score (nSPS) is 32.4. The number of hydrogen-bond acceptors (Lipinski definition) is 1. The zero-order valence-corrected chi connectivity index (χ0v) is 9.92. The molecule has 1 aromatic carbocycles. The average Bonchev–Trinajstić information content (AvgIpc) is 2.90. The van der Waals surface area contributed by atoms with Crippen LogP contribution in [0.2, 0.25) is 0 Å². The molecule has 3 unspecified atom stereocenters. The molecule has 17 heavy (non-hydrogen) atoms. The molecule has 92 valence electrons. The first-order valence-corrected chi connectivity index (χ1v) is 6.27. The van der Waals surface area contributed by atoms with Gasteiger partial charge in [-0.3, -0.25) is 0 Å². The minimum atomic E-state index is -0.499. The maximum Gasteiger partial charge on any atom is 0.130 e. The van der Waals surface area contributed by atoms with Gasteiger partial charge in [0.2, 0.25) is 0 Å². The Morgan fingerprint density at radius 3 is 2.41 bits per heavy atom. The molecule has 2 saturated carbocycles. The molecular formula is C14H17F2N. The van der Waals surface area contributed by atoms with E-state index in [0.29, 0.717) is 17.0 Å². The Bertz CT molecular complexity index is 448. The molecule has 2 aliphatic rings. The highest BCUT2D eigenvalue weighted by Crippen LogP contribution is 2.56. The van der Waals surface area contributed by atoms with E-state index in [4.69, 9.17) is 5.73 Å². The number of aryl methyl sites for hydroxylation is 1. The molecule has 3 atom stereocenters. The van der Waals surface area contributed by atoms with Crippen LogP contribution in [0.3, 0.4) is 0 Å². The molecule has 2 aliphatic carbocycles. The molecule has 3 heteroatoms. The Balaban J connectivity index is 1.85. The Morgan fingerprint density at radius 1 is 1.12 bits per heavy atom. The van der Waals surface area contributed by atoms with Crippen molar-refractivity contribution in [2.75, 3.05) is 0 Å². The average molecular weight is 237 g/mol. The number of hydrogen-bond donors (Lipinski definition) is 1. The third kappa shape index (κ3) is 1.86. The first-order chi connectivity index (χ1) is 8.06. The second kappa shape index (κ2) is 3.77. The number of halogens is 2. The number of rotatable bonds is 2. The van der Waals surface area contributed by atoms with Gasteiger partial charge < -0.3 is 5.73 Å². The van der Waals surface area contributed by atoms with Crippen LogP contribution in [0.4, 0.5) is 8.78 Å². The summed E-state index contributed by atoms with van der Waals surface area (Å²) in [5.74, 6) is 1.04. The van der Waals surface area contributed by atoms with Crippen molar-refractivity contribution in [1.82, 2.24) is 0 Å². The van der Waals surface area contributed by atoms with Crippen LogP contribution in [-0.4, -0.2) is 0 Å². The molecule has 0 radical (unpaired) electrons. The van der Waals surface area contributed by atoms with Crippen molar-refractivity contribution in [3.05, 3.63) is 34.9 Å². The Hall–Kier alpha value is -0.960. The van der Waals surface area contributed by atoms with Crippen molar-refractivity contribution in [2.45, 2.75) is 32.2 Å². The maximum absolute atomic E-state index is 13.7. The summed E-state index contributed by atoms with van der Waals surface area (Å²) in [6.07, 6.45) is 3.55. The number of fused-ring (bicyclic) bond motifs is 1.